The number of aryl methyl sites for hydroxylation is 1. The van der Waals surface area contributed by atoms with E-state index in [-0.39, 0.29) is 25.2 Å². The van der Waals surface area contributed by atoms with Crippen LogP contribution in [0.5, 0.6) is 0 Å². The molecule has 0 saturated carbocycles. The SMILES string of the molecule is CC1CCc2ccccc2N1C(=O)COC(=O)c1ccccc1NCCO. The summed E-state index contributed by atoms with van der Waals surface area (Å²) in [4.78, 5) is 26.9. The molecule has 142 valence electrons. The zero-order valence-corrected chi connectivity index (χ0v) is 15.4. The first-order valence-electron chi connectivity index (χ1n) is 9.12. The standard InChI is InChI=1S/C21H24N2O4/c1-15-10-11-16-6-2-5-9-19(16)23(15)20(25)14-27-21(26)17-7-3-4-8-18(17)22-12-13-24/h2-9,15,22,24H,10-14H2,1H3. The van der Waals surface area contributed by atoms with Crippen LogP contribution in [-0.2, 0) is 16.0 Å². The van der Waals surface area contributed by atoms with Crippen LogP contribution in [0.4, 0.5) is 11.4 Å². The number of nitrogens with zero attached hydrogens (tertiary/aromatic N) is 1. The fraction of sp³-hybridized carbons (Fsp3) is 0.333. The van der Waals surface area contributed by atoms with Gasteiger partial charge in [0.2, 0.25) is 0 Å². The Bertz CT molecular complexity index is 821. The molecule has 2 N–H and O–H groups in total. The highest BCUT2D eigenvalue weighted by Crippen LogP contribution is 2.30. The molecule has 6 heteroatoms. The molecule has 6 nitrogen and oxygen atoms in total. The Morgan fingerprint density at radius 1 is 1.19 bits per heavy atom. The van der Waals surface area contributed by atoms with Crippen molar-refractivity contribution in [2.24, 2.45) is 0 Å². The van der Waals surface area contributed by atoms with Crippen molar-refractivity contribution < 1.29 is 19.4 Å². The summed E-state index contributed by atoms with van der Waals surface area (Å²) in [6.07, 6.45) is 1.81. The van der Waals surface area contributed by atoms with Gasteiger partial charge in [-0.2, -0.15) is 0 Å². The molecule has 0 aliphatic carbocycles. The predicted octanol–water partition coefficient (Wildman–Crippen LogP) is 2.62. The Morgan fingerprint density at radius 2 is 1.93 bits per heavy atom. The van der Waals surface area contributed by atoms with Crippen molar-refractivity contribution in [1.82, 2.24) is 0 Å². The highest BCUT2D eigenvalue weighted by molar-refractivity contribution is 6.00. The van der Waals surface area contributed by atoms with E-state index in [0.29, 0.717) is 17.8 Å². The summed E-state index contributed by atoms with van der Waals surface area (Å²) >= 11 is 0. The molecule has 0 fully saturated rings. The molecule has 0 aromatic heterocycles. The number of carbonyl (C=O) groups excluding carboxylic acids is 2. The van der Waals surface area contributed by atoms with Crippen LogP contribution in [0.25, 0.3) is 0 Å². The minimum absolute atomic E-state index is 0.0475. The fourth-order valence-electron chi connectivity index (χ4n) is 3.35. The molecule has 1 atom stereocenters. The minimum Gasteiger partial charge on any atom is -0.452 e. The number of fused-ring (bicyclic) bond motifs is 1. The summed E-state index contributed by atoms with van der Waals surface area (Å²) in [5.41, 5.74) is 2.93. The van der Waals surface area contributed by atoms with Crippen LogP contribution in [0.3, 0.4) is 0 Å². The molecule has 0 spiro atoms. The van der Waals surface area contributed by atoms with Gasteiger partial charge >= 0.3 is 5.97 Å². The predicted molar refractivity (Wildman–Crippen MR) is 104 cm³/mol. The molecule has 3 rings (SSSR count). The van der Waals surface area contributed by atoms with Gasteiger partial charge in [-0.05, 0) is 43.5 Å². The number of aliphatic hydroxyl groups excluding tert-OH is 1. The van der Waals surface area contributed by atoms with E-state index in [1.165, 1.54) is 0 Å². The van der Waals surface area contributed by atoms with Gasteiger partial charge in [0.25, 0.3) is 5.91 Å². The van der Waals surface area contributed by atoms with Gasteiger partial charge in [-0.3, -0.25) is 4.79 Å². The third kappa shape index (κ3) is 4.28. The van der Waals surface area contributed by atoms with Gasteiger partial charge in [0.1, 0.15) is 0 Å². The van der Waals surface area contributed by atoms with E-state index in [1.807, 2.05) is 31.2 Å². The van der Waals surface area contributed by atoms with E-state index in [9.17, 15) is 9.59 Å². The van der Waals surface area contributed by atoms with E-state index in [2.05, 4.69) is 5.32 Å². The van der Waals surface area contributed by atoms with Crippen molar-refractivity contribution in [2.75, 3.05) is 30.0 Å². The van der Waals surface area contributed by atoms with Gasteiger partial charge in [-0.25, -0.2) is 4.79 Å². The van der Waals surface area contributed by atoms with Gasteiger partial charge in [0.15, 0.2) is 6.61 Å². The number of nitrogens with one attached hydrogen (secondary N) is 1. The molecule has 1 heterocycles. The quantitative estimate of drug-likeness (QED) is 0.767. The van der Waals surface area contributed by atoms with Crippen LogP contribution in [-0.4, -0.2) is 42.8 Å². The Kier molecular flexibility index (Phi) is 6.08. The van der Waals surface area contributed by atoms with Crippen molar-refractivity contribution >= 4 is 23.3 Å². The van der Waals surface area contributed by atoms with Crippen LogP contribution in [0.2, 0.25) is 0 Å². The summed E-state index contributed by atoms with van der Waals surface area (Å²) in [6, 6.07) is 14.8. The molecule has 1 unspecified atom stereocenters. The topological polar surface area (TPSA) is 78.9 Å². The normalized spacial score (nSPS) is 15.8. The number of ether oxygens (including phenoxy) is 1. The Morgan fingerprint density at radius 3 is 2.74 bits per heavy atom. The van der Waals surface area contributed by atoms with E-state index in [4.69, 9.17) is 9.84 Å². The number of hydrogen-bond donors (Lipinski definition) is 2. The van der Waals surface area contributed by atoms with E-state index in [1.54, 1.807) is 29.2 Å². The van der Waals surface area contributed by atoms with Crippen molar-refractivity contribution in [3.8, 4) is 0 Å². The minimum atomic E-state index is -0.567. The third-order valence-corrected chi connectivity index (χ3v) is 4.69. The first-order chi connectivity index (χ1) is 13.1. The van der Waals surface area contributed by atoms with Crippen molar-refractivity contribution in [3.63, 3.8) is 0 Å². The molecule has 2 aromatic rings. The monoisotopic (exact) mass is 368 g/mol. The second-order valence-corrected chi connectivity index (χ2v) is 6.55. The molecule has 0 radical (unpaired) electrons. The number of benzene rings is 2. The Hall–Kier alpha value is -2.86. The lowest BCUT2D eigenvalue weighted by atomic mass is 9.96. The zero-order chi connectivity index (χ0) is 19.2. The van der Waals surface area contributed by atoms with Crippen LogP contribution in [0.1, 0.15) is 29.3 Å². The average Bonchev–Trinajstić information content (AvgIpc) is 2.70. The lowest BCUT2D eigenvalue weighted by molar-refractivity contribution is -0.122. The molecule has 0 saturated heterocycles. The maximum Gasteiger partial charge on any atom is 0.340 e. The average molecular weight is 368 g/mol. The first kappa shape index (κ1) is 18.9. The Labute approximate surface area is 158 Å². The van der Waals surface area contributed by atoms with Crippen LogP contribution < -0.4 is 10.2 Å². The zero-order valence-electron chi connectivity index (χ0n) is 15.4. The van der Waals surface area contributed by atoms with Crippen LogP contribution in [0.15, 0.2) is 48.5 Å². The van der Waals surface area contributed by atoms with Crippen molar-refractivity contribution in [2.45, 2.75) is 25.8 Å². The largest absolute Gasteiger partial charge is 0.452 e. The van der Waals surface area contributed by atoms with E-state index in [0.717, 1.165) is 24.1 Å². The number of carbonyl (C=O) groups is 2. The lowest BCUT2D eigenvalue weighted by Crippen LogP contribution is -2.44. The molecule has 2 aromatic carbocycles. The molecule has 1 amide bonds. The van der Waals surface area contributed by atoms with Gasteiger partial charge in [0, 0.05) is 24.0 Å². The summed E-state index contributed by atoms with van der Waals surface area (Å²) < 4.78 is 5.29. The number of amides is 1. The molecular weight excluding hydrogens is 344 g/mol. The van der Waals surface area contributed by atoms with E-state index < -0.39 is 5.97 Å². The van der Waals surface area contributed by atoms with Gasteiger partial charge in [-0.15, -0.1) is 0 Å². The fourth-order valence-corrected chi connectivity index (χ4v) is 3.35. The van der Waals surface area contributed by atoms with Gasteiger partial charge in [-0.1, -0.05) is 30.3 Å². The van der Waals surface area contributed by atoms with Crippen LogP contribution >= 0.6 is 0 Å². The van der Waals surface area contributed by atoms with Crippen molar-refractivity contribution in [1.29, 1.82) is 0 Å². The Balaban J connectivity index is 1.69. The lowest BCUT2D eigenvalue weighted by Gasteiger charge is -2.35. The molecule has 27 heavy (non-hydrogen) atoms. The van der Waals surface area contributed by atoms with Gasteiger partial charge in [0.05, 0.1) is 12.2 Å². The molecular formula is C21H24N2O4. The number of esters is 1. The summed E-state index contributed by atoms with van der Waals surface area (Å²) in [5.74, 6) is -0.800. The summed E-state index contributed by atoms with van der Waals surface area (Å²) in [6.45, 7) is 1.97. The number of rotatable bonds is 6. The van der Waals surface area contributed by atoms with E-state index >= 15 is 0 Å². The maximum atomic E-state index is 12.8. The number of aliphatic hydroxyl groups is 1. The smallest absolute Gasteiger partial charge is 0.340 e. The number of para-hydroxylation sites is 2. The van der Waals surface area contributed by atoms with Gasteiger partial charge < -0.3 is 20.1 Å². The van der Waals surface area contributed by atoms with Crippen LogP contribution in [0, 0.1) is 0 Å². The summed E-state index contributed by atoms with van der Waals surface area (Å²) in [5, 5.41) is 11.9. The highest BCUT2D eigenvalue weighted by atomic mass is 16.5. The number of hydrogen-bond acceptors (Lipinski definition) is 5. The first-order valence-corrected chi connectivity index (χ1v) is 9.12. The molecule has 1 aliphatic heterocycles. The molecule has 0 bridgehead atoms. The van der Waals surface area contributed by atoms with Crippen molar-refractivity contribution in [3.05, 3.63) is 59.7 Å². The maximum absolute atomic E-state index is 12.8. The second kappa shape index (κ2) is 8.68. The highest BCUT2D eigenvalue weighted by Gasteiger charge is 2.28. The second-order valence-electron chi connectivity index (χ2n) is 6.55. The summed E-state index contributed by atoms with van der Waals surface area (Å²) in [7, 11) is 0. The third-order valence-electron chi connectivity index (χ3n) is 4.69. The molecule has 1 aliphatic rings. The number of anilines is 2.